The predicted octanol–water partition coefficient (Wildman–Crippen LogP) is 12.7. The van der Waals surface area contributed by atoms with E-state index in [4.69, 9.17) is 9.40 Å². The van der Waals surface area contributed by atoms with Crippen LogP contribution in [0.2, 0.25) is 0 Å². The van der Waals surface area contributed by atoms with Crippen molar-refractivity contribution in [2.45, 2.75) is 0 Å². The highest BCUT2D eigenvalue weighted by Crippen LogP contribution is 2.47. The Kier molecular flexibility index (Phi) is 5.48. The fourth-order valence-electron chi connectivity index (χ4n) is 7.25. The maximum absolute atomic E-state index is 6.57. The van der Waals surface area contributed by atoms with Crippen molar-refractivity contribution in [2.75, 3.05) is 0 Å². The summed E-state index contributed by atoms with van der Waals surface area (Å²) in [4.78, 5) is 5.23. The molecule has 0 spiro atoms. The molecule has 0 radical (unpaired) electrons. The van der Waals surface area contributed by atoms with Gasteiger partial charge in [0.05, 0.1) is 11.2 Å². The number of hydrogen-bond donors (Lipinski definition) is 0. The number of hydrogen-bond acceptors (Lipinski definition) is 3. The lowest BCUT2D eigenvalue weighted by Crippen LogP contribution is -1.93. The molecule has 0 saturated carbocycles. The summed E-state index contributed by atoms with van der Waals surface area (Å²) >= 11 is 1.86. The Labute approximate surface area is 268 Å². The molecule has 0 unspecified atom stereocenters. The van der Waals surface area contributed by atoms with E-state index < -0.39 is 0 Å². The van der Waals surface area contributed by atoms with Gasteiger partial charge in [-0.05, 0) is 47.0 Å². The van der Waals surface area contributed by atoms with Gasteiger partial charge in [-0.15, -0.1) is 11.3 Å². The molecule has 0 aliphatic carbocycles. The average Bonchev–Trinajstić information content (AvgIpc) is 3.69. The van der Waals surface area contributed by atoms with Gasteiger partial charge in [-0.3, -0.25) is 0 Å². The first kappa shape index (κ1) is 25.5. The van der Waals surface area contributed by atoms with Gasteiger partial charge in [0.1, 0.15) is 11.2 Å². The number of pyridine rings is 1. The Morgan fingerprint density at radius 1 is 0.435 bits per heavy atom. The molecule has 0 saturated heterocycles. The van der Waals surface area contributed by atoms with Gasteiger partial charge in [0.15, 0.2) is 0 Å². The highest BCUT2D eigenvalue weighted by Gasteiger charge is 2.21. The van der Waals surface area contributed by atoms with E-state index in [1.807, 2.05) is 17.4 Å². The predicted molar refractivity (Wildman–Crippen MR) is 196 cm³/mol. The van der Waals surface area contributed by atoms with Crippen molar-refractivity contribution in [3.8, 4) is 33.5 Å². The third-order valence-corrected chi connectivity index (χ3v) is 10.4. The second kappa shape index (κ2) is 9.87. The van der Waals surface area contributed by atoms with Crippen LogP contribution in [0, 0.1) is 0 Å². The topological polar surface area (TPSA) is 26.0 Å². The van der Waals surface area contributed by atoms with E-state index >= 15 is 0 Å². The zero-order valence-corrected chi connectivity index (χ0v) is 25.5. The van der Waals surface area contributed by atoms with Gasteiger partial charge in [0.25, 0.3) is 0 Å². The molecule has 7 aromatic carbocycles. The molecule has 0 N–H and O–H groups in total. The van der Waals surface area contributed by atoms with Crippen molar-refractivity contribution in [1.82, 2.24) is 4.98 Å². The number of thiophene rings is 1. The molecule has 3 aromatic heterocycles. The number of nitrogens with zero attached hydrogens (tertiary/aromatic N) is 1. The Bertz CT molecular complexity index is 2790. The summed E-state index contributed by atoms with van der Waals surface area (Å²) in [6.07, 6.45) is 0. The first-order chi connectivity index (χ1) is 22.8. The minimum atomic E-state index is 0.872. The maximum atomic E-state index is 6.57. The van der Waals surface area contributed by atoms with Gasteiger partial charge < -0.3 is 4.42 Å². The van der Waals surface area contributed by atoms with Crippen LogP contribution in [0.5, 0.6) is 0 Å². The molecule has 0 amide bonds. The third kappa shape index (κ3) is 3.73. The smallest absolute Gasteiger partial charge is 0.136 e. The molecule has 0 bridgehead atoms. The van der Waals surface area contributed by atoms with Gasteiger partial charge in [0, 0.05) is 58.2 Å². The molecular weight excluding hydrogens is 579 g/mol. The summed E-state index contributed by atoms with van der Waals surface area (Å²) in [5, 5.41) is 8.32. The minimum absolute atomic E-state index is 0.872. The molecule has 0 aliphatic rings. The minimum Gasteiger partial charge on any atom is -0.456 e. The zero-order chi connectivity index (χ0) is 30.2. The quantitative estimate of drug-likeness (QED) is 0.188. The molecule has 3 heteroatoms. The molecule has 46 heavy (non-hydrogen) atoms. The third-order valence-electron chi connectivity index (χ3n) is 9.26. The lowest BCUT2D eigenvalue weighted by atomic mass is 9.88. The van der Waals surface area contributed by atoms with Crippen LogP contribution in [-0.4, -0.2) is 4.98 Å². The number of furan rings is 1. The van der Waals surface area contributed by atoms with Crippen LogP contribution >= 0.6 is 11.3 Å². The van der Waals surface area contributed by atoms with E-state index in [0.717, 1.165) is 55.0 Å². The van der Waals surface area contributed by atoms with Crippen molar-refractivity contribution in [1.29, 1.82) is 0 Å². The van der Waals surface area contributed by atoms with E-state index in [1.165, 1.54) is 42.2 Å². The molecule has 3 heterocycles. The van der Waals surface area contributed by atoms with Crippen LogP contribution in [0.15, 0.2) is 156 Å². The van der Waals surface area contributed by atoms with Crippen LogP contribution in [-0.2, 0) is 0 Å². The van der Waals surface area contributed by atoms with Gasteiger partial charge >= 0.3 is 0 Å². The monoisotopic (exact) mass is 603 g/mol. The SMILES string of the molecule is c1ccc(-c2nc3ccccc3c3c(-c4ccc(-c5cccc6sc7ccccc7c56)cc4)c4c(cc23)oc2ccccc24)cc1. The van der Waals surface area contributed by atoms with E-state index in [-0.39, 0.29) is 0 Å². The fraction of sp³-hybridized carbons (Fsp3) is 0. The lowest BCUT2D eigenvalue weighted by Gasteiger charge is -2.16. The maximum Gasteiger partial charge on any atom is 0.136 e. The van der Waals surface area contributed by atoms with Crippen molar-refractivity contribution in [2.24, 2.45) is 0 Å². The lowest BCUT2D eigenvalue weighted by molar-refractivity contribution is 0.669. The Morgan fingerprint density at radius 3 is 2.00 bits per heavy atom. The Balaban J connectivity index is 1.30. The molecule has 0 fully saturated rings. The van der Waals surface area contributed by atoms with Crippen LogP contribution in [0.3, 0.4) is 0 Å². The largest absolute Gasteiger partial charge is 0.456 e. The van der Waals surface area contributed by atoms with Crippen molar-refractivity contribution < 1.29 is 4.42 Å². The first-order valence-corrected chi connectivity index (χ1v) is 16.4. The Hall–Kier alpha value is -5.77. The van der Waals surface area contributed by atoms with Crippen LogP contribution in [0.25, 0.3) is 97.3 Å². The highest BCUT2D eigenvalue weighted by atomic mass is 32.1. The van der Waals surface area contributed by atoms with Crippen molar-refractivity contribution in [3.05, 3.63) is 152 Å². The average molecular weight is 604 g/mol. The molecular formula is C43H25NOS. The van der Waals surface area contributed by atoms with Crippen LogP contribution in [0.4, 0.5) is 0 Å². The van der Waals surface area contributed by atoms with Crippen molar-refractivity contribution in [3.63, 3.8) is 0 Å². The number of fused-ring (bicyclic) bond motifs is 9. The van der Waals surface area contributed by atoms with Gasteiger partial charge in [0.2, 0.25) is 0 Å². The molecule has 10 rings (SSSR count). The number of benzene rings is 7. The van der Waals surface area contributed by atoms with E-state index in [1.54, 1.807) is 0 Å². The molecule has 2 nitrogen and oxygen atoms in total. The van der Waals surface area contributed by atoms with Gasteiger partial charge in [-0.25, -0.2) is 4.98 Å². The first-order valence-electron chi connectivity index (χ1n) is 15.5. The number of rotatable bonds is 3. The summed E-state index contributed by atoms with van der Waals surface area (Å²) in [5.74, 6) is 0. The highest BCUT2D eigenvalue weighted by molar-refractivity contribution is 7.25. The van der Waals surface area contributed by atoms with Crippen LogP contribution in [0.1, 0.15) is 0 Å². The summed E-state index contributed by atoms with van der Waals surface area (Å²) in [6.45, 7) is 0. The molecule has 214 valence electrons. The second-order valence-corrected chi connectivity index (χ2v) is 12.9. The van der Waals surface area contributed by atoms with Crippen molar-refractivity contribution >= 4 is 75.1 Å². The Morgan fingerprint density at radius 2 is 1.13 bits per heavy atom. The zero-order valence-electron chi connectivity index (χ0n) is 24.7. The van der Waals surface area contributed by atoms with Gasteiger partial charge in [-0.2, -0.15) is 0 Å². The van der Waals surface area contributed by atoms with E-state index in [0.29, 0.717) is 0 Å². The molecule has 10 aromatic rings. The van der Waals surface area contributed by atoms with E-state index in [9.17, 15) is 0 Å². The number of aromatic nitrogens is 1. The molecule has 0 atom stereocenters. The molecule has 0 aliphatic heterocycles. The summed E-state index contributed by atoms with van der Waals surface area (Å²) in [6, 6.07) is 54.1. The van der Waals surface area contributed by atoms with Gasteiger partial charge in [-0.1, -0.05) is 121 Å². The standard InChI is InChI=1S/C43H25NOS/c1-2-11-28(12-3-1)43-33-25-36-42(31-14-5-8-18-35(31)45-36)39(41(33)30-13-4-7-17-34(30)44-43)27-23-21-26(22-24-27)29-16-10-20-38-40(29)32-15-6-9-19-37(32)46-38/h1-25H. The fourth-order valence-corrected chi connectivity index (χ4v) is 8.39. The summed E-state index contributed by atoms with van der Waals surface area (Å²) in [7, 11) is 0. The summed E-state index contributed by atoms with van der Waals surface area (Å²) in [5.41, 5.74) is 9.60. The van der Waals surface area contributed by atoms with Crippen LogP contribution < -0.4 is 0 Å². The normalized spacial score (nSPS) is 11.9. The second-order valence-electron chi connectivity index (χ2n) is 11.8. The number of para-hydroxylation sites is 2. The van der Waals surface area contributed by atoms with E-state index in [2.05, 4.69) is 146 Å². The summed E-state index contributed by atoms with van der Waals surface area (Å²) < 4.78 is 9.21.